The van der Waals surface area contributed by atoms with Crippen molar-refractivity contribution in [1.82, 2.24) is 4.98 Å². The van der Waals surface area contributed by atoms with Crippen LogP contribution in [0.25, 0.3) is 21.7 Å². The number of aromatic nitrogens is 1. The Kier molecular flexibility index (Phi) is 5.10. The molecule has 0 spiro atoms. The van der Waals surface area contributed by atoms with E-state index < -0.39 is 5.97 Å². The normalized spacial score (nSPS) is 10.4. The summed E-state index contributed by atoms with van der Waals surface area (Å²) in [6.07, 6.45) is 3.11. The van der Waals surface area contributed by atoms with Crippen molar-refractivity contribution in [1.29, 1.82) is 5.26 Å². The molecule has 0 saturated heterocycles. The Hall–Kier alpha value is -3.89. The molecular formula is C22H14N2O4S. The molecule has 1 N–H and O–H groups in total. The molecule has 4 rings (SSSR count). The Labute approximate surface area is 170 Å². The van der Waals surface area contributed by atoms with Gasteiger partial charge in [-0.15, -0.1) is 11.3 Å². The maximum atomic E-state index is 11.2. The number of carbonyl (C=O) groups is 1. The fraction of sp³-hybridized carbons (Fsp3) is 0.0455. The minimum atomic E-state index is -1.01. The Bertz CT molecular complexity index is 1190. The fourth-order valence-electron chi connectivity index (χ4n) is 2.88. The monoisotopic (exact) mass is 402 g/mol. The van der Waals surface area contributed by atoms with E-state index in [1.165, 1.54) is 23.5 Å². The molecule has 0 aliphatic rings. The van der Waals surface area contributed by atoms with Gasteiger partial charge in [-0.3, -0.25) is 0 Å². The van der Waals surface area contributed by atoms with Gasteiger partial charge in [0.1, 0.15) is 18.2 Å². The summed E-state index contributed by atoms with van der Waals surface area (Å²) in [4.78, 5) is 16.7. The first-order valence-corrected chi connectivity index (χ1v) is 9.50. The summed E-state index contributed by atoms with van der Waals surface area (Å²) in [5, 5.41) is 20.9. The summed E-state index contributed by atoms with van der Waals surface area (Å²) < 4.78 is 11.1. The Morgan fingerprint density at radius 3 is 2.83 bits per heavy atom. The number of benzene rings is 1. The standard InChI is InChI=1S/C22H14N2O4S/c23-11-18-17(16-6-7-27-13-16)10-19(20-5-2-8-29-20)24-21(18)28-12-14-3-1-4-15(9-14)22(25)26/h1-10,13H,12H2,(H,25,26). The molecular weight excluding hydrogens is 388 g/mol. The molecule has 0 amide bonds. The molecule has 0 radical (unpaired) electrons. The summed E-state index contributed by atoms with van der Waals surface area (Å²) in [6.45, 7) is 0.0848. The van der Waals surface area contributed by atoms with Crippen LogP contribution in [-0.4, -0.2) is 16.1 Å². The van der Waals surface area contributed by atoms with Crippen molar-refractivity contribution in [2.75, 3.05) is 0 Å². The first-order chi connectivity index (χ1) is 14.2. The van der Waals surface area contributed by atoms with Gasteiger partial charge in [-0.05, 0) is 41.3 Å². The van der Waals surface area contributed by atoms with Crippen LogP contribution in [0, 0.1) is 11.3 Å². The lowest BCUT2D eigenvalue weighted by Gasteiger charge is -2.12. The van der Waals surface area contributed by atoms with E-state index in [0.29, 0.717) is 22.4 Å². The molecule has 7 heteroatoms. The van der Waals surface area contributed by atoms with Gasteiger partial charge < -0.3 is 14.3 Å². The van der Waals surface area contributed by atoms with Crippen LogP contribution in [0.15, 0.2) is 70.9 Å². The first kappa shape index (κ1) is 18.5. The number of nitrogens with zero attached hydrogens (tertiary/aromatic N) is 2. The summed E-state index contributed by atoms with van der Waals surface area (Å²) in [6, 6.07) is 16.1. The van der Waals surface area contributed by atoms with Gasteiger partial charge in [-0.1, -0.05) is 18.2 Å². The lowest BCUT2D eigenvalue weighted by Crippen LogP contribution is -2.03. The lowest BCUT2D eigenvalue weighted by atomic mass is 10.0. The van der Waals surface area contributed by atoms with Crippen LogP contribution in [0.1, 0.15) is 21.5 Å². The van der Waals surface area contributed by atoms with Crippen molar-refractivity contribution in [3.05, 3.63) is 83.1 Å². The molecule has 29 heavy (non-hydrogen) atoms. The summed E-state index contributed by atoms with van der Waals surface area (Å²) >= 11 is 1.53. The van der Waals surface area contributed by atoms with Crippen molar-refractivity contribution in [3.63, 3.8) is 0 Å². The maximum Gasteiger partial charge on any atom is 0.335 e. The average Bonchev–Trinajstić information content (AvgIpc) is 3.46. The SMILES string of the molecule is N#Cc1c(-c2ccoc2)cc(-c2cccs2)nc1OCc1cccc(C(=O)O)c1. The number of pyridine rings is 1. The van der Waals surface area contributed by atoms with Crippen molar-refractivity contribution in [2.45, 2.75) is 6.61 Å². The smallest absolute Gasteiger partial charge is 0.335 e. The van der Waals surface area contributed by atoms with Crippen LogP contribution in [0.3, 0.4) is 0 Å². The van der Waals surface area contributed by atoms with E-state index in [-0.39, 0.29) is 18.1 Å². The van der Waals surface area contributed by atoms with Crippen LogP contribution < -0.4 is 4.74 Å². The van der Waals surface area contributed by atoms with E-state index in [1.54, 1.807) is 30.7 Å². The van der Waals surface area contributed by atoms with Crippen LogP contribution in [-0.2, 0) is 6.61 Å². The van der Waals surface area contributed by atoms with Gasteiger partial charge in [0.2, 0.25) is 5.88 Å². The zero-order valence-electron chi connectivity index (χ0n) is 15.0. The van der Waals surface area contributed by atoms with E-state index in [1.807, 2.05) is 23.6 Å². The van der Waals surface area contributed by atoms with Crippen molar-refractivity contribution in [2.24, 2.45) is 0 Å². The minimum Gasteiger partial charge on any atom is -0.478 e. The fourth-order valence-corrected chi connectivity index (χ4v) is 3.56. The van der Waals surface area contributed by atoms with Crippen LogP contribution in [0.2, 0.25) is 0 Å². The van der Waals surface area contributed by atoms with Crippen molar-refractivity contribution in [3.8, 4) is 33.6 Å². The van der Waals surface area contributed by atoms with Gasteiger partial charge in [0.05, 0.1) is 28.7 Å². The Morgan fingerprint density at radius 1 is 1.24 bits per heavy atom. The number of rotatable bonds is 6. The number of thiophene rings is 1. The Balaban J connectivity index is 1.74. The second kappa shape index (κ2) is 8.00. The zero-order chi connectivity index (χ0) is 20.2. The third-order valence-corrected chi connectivity index (χ3v) is 5.15. The minimum absolute atomic E-state index is 0.0848. The topological polar surface area (TPSA) is 96.4 Å². The number of hydrogen-bond donors (Lipinski definition) is 1. The third kappa shape index (κ3) is 3.88. The molecule has 0 unspecified atom stereocenters. The van der Waals surface area contributed by atoms with E-state index in [2.05, 4.69) is 11.1 Å². The molecule has 0 fully saturated rings. The summed E-state index contributed by atoms with van der Waals surface area (Å²) in [5.41, 5.74) is 3.23. The maximum absolute atomic E-state index is 11.2. The molecule has 0 bridgehead atoms. The highest BCUT2D eigenvalue weighted by Gasteiger charge is 2.18. The quantitative estimate of drug-likeness (QED) is 0.475. The van der Waals surface area contributed by atoms with Gasteiger partial charge in [0.25, 0.3) is 0 Å². The number of carboxylic acid groups (broad SMARTS) is 1. The molecule has 3 aromatic heterocycles. The molecule has 0 saturated carbocycles. The number of carboxylic acids is 1. The van der Waals surface area contributed by atoms with Crippen molar-refractivity contribution < 1.29 is 19.1 Å². The van der Waals surface area contributed by atoms with Gasteiger partial charge in [-0.2, -0.15) is 5.26 Å². The number of hydrogen-bond acceptors (Lipinski definition) is 6. The zero-order valence-corrected chi connectivity index (χ0v) is 15.8. The molecule has 142 valence electrons. The second-order valence-corrected chi connectivity index (χ2v) is 7.08. The van der Waals surface area contributed by atoms with E-state index in [4.69, 9.17) is 14.3 Å². The highest BCUT2D eigenvalue weighted by atomic mass is 32.1. The van der Waals surface area contributed by atoms with Crippen LogP contribution >= 0.6 is 11.3 Å². The van der Waals surface area contributed by atoms with E-state index >= 15 is 0 Å². The molecule has 1 aromatic carbocycles. The molecule has 6 nitrogen and oxygen atoms in total. The van der Waals surface area contributed by atoms with E-state index in [9.17, 15) is 10.1 Å². The van der Waals surface area contributed by atoms with E-state index in [0.717, 1.165) is 10.4 Å². The largest absolute Gasteiger partial charge is 0.478 e. The average molecular weight is 402 g/mol. The number of nitriles is 1. The second-order valence-electron chi connectivity index (χ2n) is 6.13. The third-order valence-electron chi connectivity index (χ3n) is 4.25. The van der Waals surface area contributed by atoms with Crippen LogP contribution in [0.4, 0.5) is 0 Å². The molecule has 4 aromatic rings. The van der Waals surface area contributed by atoms with Crippen molar-refractivity contribution >= 4 is 17.3 Å². The molecule has 3 heterocycles. The summed E-state index contributed by atoms with van der Waals surface area (Å²) in [7, 11) is 0. The molecule has 0 atom stereocenters. The lowest BCUT2D eigenvalue weighted by molar-refractivity contribution is 0.0696. The van der Waals surface area contributed by atoms with Gasteiger partial charge in [0.15, 0.2) is 0 Å². The Morgan fingerprint density at radius 2 is 2.14 bits per heavy atom. The highest BCUT2D eigenvalue weighted by molar-refractivity contribution is 7.13. The number of furan rings is 1. The van der Waals surface area contributed by atoms with Crippen LogP contribution in [0.5, 0.6) is 5.88 Å². The highest BCUT2D eigenvalue weighted by Crippen LogP contribution is 2.35. The first-order valence-electron chi connectivity index (χ1n) is 8.62. The van der Waals surface area contributed by atoms with Gasteiger partial charge in [0, 0.05) is 11.1 Å². The number of ether oxygens (including phenoxy) is 1. The van der Waals surface area contributed by atoms with Gasteiger partial charge >= 0.3 is 5.97 Å². The van der Waals surface area contributed by atoms with Gasteiger partial charge in [-0.25, -0.2) is 9.78 Å². The predicted molar refractivity (Wildman–Crippen MR) is 108 cm³/mol. The molecule has 0 aliphatic carbocycles. The predicted octanol–water partition coefficient (Wildman–Crippen LogP) is 5.22. The number of aromatic carboxylic acids is 1. The molecule has 0 aliphatic heterocycles. The summed E-state index contributed by atoms with van der Waals surface area (Å²) in [5.74, 6) is -0.819.